The molecule has 0 aliphatic heterocycles. The number of nitrogens with zero attached hydrogens (tertiary/aromatic N) is 1. The standard InChI is InChI=1S/C56H95N17O19/c1-28(2)21-37(50(86)66-34(11-6-8-18-57)48(84)71-39(25-74)51(87)67-35(13-10-20-62-56(60)61)49(85)72-40(26-75)52(88)68-36(55(91)92)12-7-9-19-58)65-42(78)24-63-47(83)38(22-31-14-16-32(77)17-15-31)69-45(81)30(5)64-54(90)44(29(3)4)73-53(89)41(27-76)70-46(82)33(59)23-43(79)80/h14-17,28-30,33-41,44,74-77H,6-13,18-27,57-59H2,1-5H3,(H,63,83)(H,64,90)(H,65,78)(H,66,86)(H,67,87)(H,68,88)(H,69,81)(H,70,82)(H,71,84)(H,72,85)(H,73,89)(H,79,80)(H,91,92)(H4,60,61,62)/t30-,33-,34-,35-,36-,37-,38-,39-,40-,41-,44-/m0/s1. The molecule has 1 aromatic carbocycles. The zero-order valence-corrected chi connectivity index (χ0v) is 52.4. The molecule has 27 N–H and O–H groups in total. The van der Waals surface area contributed by atoms with Crippen LogP contribution in [0.3, 0.4) is 0 Å². The number of phenols is 1. The van der Waals surface area contributed by atoms with Gasteiger partial charge in [0.05, 0.1) is 38.8 Å². The van der Waals surface area contributed by atoms with E-state index in [1.165, 1.54) is 45.0 Å². The summed E-state index contributed by atoms with van der Waals surface area (Å²) < 4.78 is 0. The molecule has 0 saturated carbocycles. The number of aromatic hydroxyl groups is 1. The molecule has 0 aliphatic rings. The van der Waals surface area contributed by atoms with E-state index in [1.807, 2.05) is 0 Å². The topological polar surface area (TPSA) is 618 Å². The van der Waals surface area contributed by atoms with Crippen LogP contribution in [0, 0.1) is 11.8 Å². The van der Waals surface area contributed by atoms with Crippen LogP contribution in [0.25, 0.3) is 0 Å². The van der Waals surface area contributed by atoms with Crippen LogP contribution < -0.4 is 87.2 Å². The summed E-state index contributed by atoms with van der Waals surface area (Å²) in [7, 11) is 0. The van der Waals surface area contributed by atoms with Gasteiger partial charge in [-0.2, -0.15) is 0 Å². The average molecular weight is 1310 g/mol. The number of aliphatic carboxylic acids is 2. The van der Waals surface area contributed by atoms with E-state index in [4.69, 9.17) is 33.8 Å². The summed E-state index contributed by atoms with van der Waals surface area (Å²) in [6.45, 7) is 4.31. The number of amides is 11. The Hall–Kier alpha value is -8.84. The predicted molar refractivity (Wildman–Crippen MR) is 329 cm³/mol. The van der Waals surface area contributed by atoms with Crippen molar-refractivity contribution in [2.45, 2.75) is 172 Å². The Morgan fingerprint density at radius 2 is 0.924 bits per heavy atom. The Balaban J connectivity index is 3.35. The number of carbonyl (C=O) groups is 13. The van der Waals surface area contributed by atoms with E-state index in [2.05, 4.69) is 63.5 Å². The van der Waals surface area contributed by atoms with Gasteiger partial charge < -0.3 is 118 Å². The SMILES string of the molecule is CC(C)C[C@H](NC(=O)CNC(=O)[C@H](Cc1ccc(O)cc1)NC(=O)[C@H](C)NC(=O)[C@@H](NC(=O)[C@H](CO)NC(=O)[C@@H](N)CC(=O)O)C(C)C)C(=O)N[C@@H](CCCCN)C(=O)N[C@@H](CO)C(=O)N[C@@H](CCCN=C(N)N)C(=O)N[C@@H](CO)C(=O)N[C@@H](CCCCN)C(=O)O. The van der Waals surface area contributed by atoms with Crippen LogP contribution in [0.2, 0.25) is 0 Å². The first-order valence-corrected chi connectivity index (χ1v) is 29.9. The Labute approximate surface area is 531 Å². The first-order valence-electron chi connectivity index (χ1n) is 29.9. The van der Waals surface area contributed by atoms with Gasteiger partial charge in [0.1, 0.15) is 66.2 Å². The number of benzene rings is 1. The normalized spacial score (nSPS) is 14.7. The van der Waals surface area contributed by atoms with Crippen molar-refractivity contribution in [3.63, 3.8) is 0 Å². The van der Waals surface area contributed by atoms with Crippen LogP contribution in [0.4, 0.5) is 0 Å². The molecule has 0 aliphatic carbocycles. The largest absolute Gasteiger partial charge is 0.508 e. The lowest BCUT2D eigenvalue weighted by atomic mass is 10.0. The third-order valence-electron chi connectivity index (χ3n) is 13.7. The van der Waals surface area contributed by atoms with Gasteiger partial charge >= 0.3 is 11.9 Å². The van der Waals surface area contributed by atoms with E-state index < -0.39 is 182 Å². The van der Waals surface area contributed by atoms with Crippen LogP contribution in [0.5, 0.6) is 5.75 Å². The molecule has 11 atom stereocenters. The third kappa shape index (κ3) is 31.3. The van der Waals surface area contributed by atoms with E-state index in [-0.39, 0.29) is 82.2 Å². The van der Waals surface area contributed by atoms with Gasteiger partial charge in [0, 0.05) is 13.0 Å². The summed E-state index contributed by atoms with van der Waals surface area (Å²) in [5.74, 6) is -15.1. The van der Waals surface area contributed by atoms with Crippen LogP contribution >= 0.6 is 0 Å². The molecule has 0 spiro atoms. The summed E-state index contributed by atoms with van der Waals surface area (Å²) in [6.07, 6.45) is 0.0463. The number of carboxylic acid groups (broad SMARTS) is 2. The van der Waals surface area contributed by atoms with E-state index in [9.17, 15) is 87.9 Å². The number of aliphatic hydroxyl groups is 3. The minimum Gasteiger partial charge on any atom is -0.508 e. The fourth-order valence-electron chi connectivity index (χ4n) is 8.56. The van der Waals surface area contributed by atoms with Gasteiger partial charge in [-0.1, -0.05) is 39.8 Å². The van der Waals surface area contributed by atoms with Crippen molar-refractivity contribution in [3.8, 4) is 5.75 Å². The van der Waals surface area contributed by atoms with Crippen molar-refractivity contribution in [2.75, 3.05) is 46.0 Å². The highest BCUT2D eigenvalue weighted by Gasteiger charge is 2.36. The molecule has 518 valence electrons. The quantitative estimate of drug-likeness (QED) is 0.0164. The first kappa shape index (κ1) is 81.2. The number of hydrogen-bond donors (Lipinski definition) is 22. The lowest BCUT2D eigenvalue weighted by Gasteiger charge is -2.27. The lowest BCUT2D eigenvalue weighted by molar-refractivity contribution is -0.143. The molecule has 0 aromatic heterocycles. The summed E-state index contributed by atoms with van der Waals surface area (Å²) >= 11 is 0. The summed E-state index contributed by atoms with van der Waals surface area (Å²) in [6, 6.07) is -11.3. The second-order valence-electron chi connectivity index (χ2n) is 22.3. The predicted octanol–water partition coefficient (Wildman–Crippen LogP) is -8.20. The van der Waals surface area contributed by atoms with Crippen molar-refractivity contribution >= 4 is 82.9 Å². The number of aliphatic imine (C=N–C) groups is 1. The molecular weight excluding hydrogens is 1210 g/mol. The molecule has 11 amide bonds. The van der Waals surface area contributed by atoms with Gasteiger partial charge in [0.15, 0.2) is 5.96 Å². The Morgan fingerprint density at radius 1 is 0.489 bits per heavy atom. The molecule has 36 nitrogen and oxygen atoms in total. The molecule has 0 fully saturated rings. The highest BCUT2D eigenvalue weighted by atomic mass is 16.4. The average Bonchev–Trinajstić information content (AvgIpc) is 1.10. The van der Waals surface area contributed by atoms with Crippen LogP contribution in [-0.2, 0) is 68.7 Å². The molecule has 36 heteroatoms. The van der Waals surface area contributed by atoms with Crippen molar-refractivity contribution in [1.82, 2.24) is 58.5 Å². The van der Waals surface area contributed by atoms with Gasteiger partial charge in [-0.3, -0.25) is 62.5 Å². The number of hydrogen-bond acceptors (Lipinski definition) is 21. The number of aliphatic hydroxyl groups excluding tert-OH is 3. The van der Waals surface area contributed by atoms with Gasteiger partial charge in [-0.25, -0.2) is 4.79 Å². The summed E-state index contributed by atoms with van der Waals surface area (Å²) in [5, 5.41) is 84.9. The zero-order valence-electron chi connectivity index (χ0n) is 52.4. The van der Waals surface area contributed by atoms with E-state index in [1.54, 1.807) is 13.8 Å². The number of nitrogens with one attached hydrogen (secondary N) is 11. The van der Waals surface area contributed by atoms with Gasteiger partial charge in [0.25, 0.3) is 0 Å². The Bertz CT molecular complexity index is 2650. The zero-order chi connectivity index (χ0) is 69.8. The van der Waals surface area contributed by atoms with Gasteiger partial charge in [-0.05, 0) is 107 Å². The minimum absolute atomic E-state index is 0.0152. The number of rotatable bonds is 45. The molecule has 0 saturated heterocycles. The van der Waals surface area contributed by atoms with Gasteiger partial charge in [0.2, 0.25) is 65.0 Å². The number of phenolic OH excluding ortho intramolecular Hbond substituents is 1. The highest BCUT2D eigenvalue weighted by Crippen LogP contribution is 2.14. The number of carboxylic acids is 2. The fourth-order valence-corrected chi connectivity index (χ4v) is 8.56. The number of guanidine groups is 1. The van der Waals surface area contributed by atoms with Crippen LogP contribution in [0.1, 0.15) is 104 Å². The second-order valence-corrected chi connectivity index (χ2v) is 22.3. The second kappa shape index (κ2) is 43.0. The molecule has 0 unspecified atom stereocenters. The molecule has 0 bridgehead atoms. The fraction of sp³-hybridized carbons (Fsp3) is 0.643. The molecule has 0 heterocycles. The first-order chi connectivity index (χ1) is 43.3. The van der Waals surface area contributed by atoms with Crippen molar-refractivity contribution in [1.29, 1.82) is 0 Å². The van der Waals surface area contributed by atoms with Crippen molar-refractivity contribution in [3.05, 3.63) is 29.8 Å². The Morgan fingerprint density at radius 3 is 1.38 bits per heavy atom. The molecule has 1 aromatic rings. The van der Waals surface area contributed by atoms with Gasteiger partial charge in [-0.15, -0.1) is 0 Å². The van der Waals surface area contributed by atoms with Crippen molar-refractivity contribution < 1.29 is 93.0 Å². The maximum Gasteiger partial charge on any atom is 0.326 e. The number of unbranched alkanes of at least 4 members (excludes halogenated alkanes) is 2. The summed E-state index contributed by atoms with van der Waals surface area (Å²) in [5.41, 5.74) is 28.0. The molecule has 92 heavy (non-hydrogen) atoms. The number of carbonyl (C=O) groups excluding carboxylic acids is 11. The minimum atomic E-state index is -1.79. The monoisotopic (exact) mass is 1310 g/mol. The Kier molecular flexibility index (Phi) is 38.0. The maximum atomic E-state index is 14.1. The lowest BCUT2D eigenvalue weighted by Crippen LogP contribution is -2.60. The smallest absolute Gasteiger partial charge is 0.326 e. The van der Waals surface area contributed by atoms with Crippen molar-refractivity contribution in [2.24, 2.45) is 45.5 Å². The molecular formula is C56H95N17O19. The molecule has 0 radical (unpaired) electrons. The highest BCUT2D eigenvalue weighted by molar-refractivity contribution is 5.99. The number of nitrogens with two attached hydrogens (primary N) is 5. The van der Waals surface area contributed by atoms with E-state index >= 15 is 0 Å². The maximum absolute atomic E-state index is 14.1. The third-order valence-corrected chi connectivity index (χ3v) is 13.7. The van der Waals surface area contributed by atoms with E-state index in [0.29, 0.717) is 24.8 Å². The van der Waals surface area contributed by atoms with Crippen LogP contribution in [0.15, 0.2) is 29.3 Å². The summed E-state index contributed by atoms with van der Waals surface area (Å²) in [4.78, 5) is 176. The van der Waals surface area contributed by atoms with Crippen LogP contribution in [-0.4, -0.2) is 226 Å². The molecule has 1 rings (SSSR count). The van der Waals surface area contributed by atoms with E-state index in [0.717, 1.165) is 0 Å².